The van der Waals surface area contributed by atoms with E-state index in [1.54, 1.807) is 18.3 Å². The first-order valence-corrected chi connectivity index (χ1v) is 9.36. The van der Waals surface area contributed by atoms with E-state index in [4.69, 9.17) is 11.6 Å². The Morgan fingerprint density at radius 3 is 2.78 bits per heavy atom. The number of aliphatic hydroxyl groups excluding tert-OH is 1. The van der Waals surface area contributed by atoms with Crippen LogP contribution < -0.4 is 5.32 Å². The van der Waals surface area contributed by atoms with Gasteiger partial charge in [-0.2, -0.15) is 0 Å². The molecule has 2 aromatic heterocycles. The minimum absolute atomic E-state index is 0.152. The smallest absolute Gasteiger partial charge is 0.253 e. The summed E-state index contributed by atoms with van der Waals surface area (Å²) in [6.07, 6.45) is 2.30. The van der Waals surface area contributed by atoms with Crippen molar-refractivity contribution in [2.75, 3.05) is 13.1 Å². The number of benzene rings is 1. The predicted molar refractivity (Wildman–Crippen MR) is 105 cm³/mol. The molecule has 3 aromatic rings. The van der Waals surface area contributed by atoms with Crippen LogP contribution in [0.1, 0.15) is 27.9 Å². The third-order valence-electron chi connectivity index (χ3n) is 4.88. The maximum Gasteiger partial charge on any atom is 0.253 e. The van der Waals surface area contributed by atoms with Crippen molar-refractivity contribution in [1.82, 2.24) is 20.2 Å². The number of aromatic amines is 1. The Kier molecular flexibility index (Phi) is 5.11. The van der Waals surface area contributed by atoms with E-state index >= 15 is 0 Å². The van der Waals surface area contributed by atoms with Crippen LogP contribution in [0.4, 0.5) is 0 Å². The summed E-state index contributed by atoms with van der Waals surface area (Å²) in [5.74, 6) is -0.152. The Morgan fingerprint density at radius 2 is 2.04 bits per heavy atom. The van der Waals surface area contributed by atoms with Crippen molar-refractivity contribution in [2.45, 2.75) is 25.6 Å². The number of pyridine rings is 1. The molecule has 3 N–H and O–H groups in total. The second kappa shape index (κ2) is 7.68. The normalized spacial score (nSPS) is 17.5. The van der Waals surface area contributed by atoms with E-state index in [0.29, 0.717) is 22.9 Å². The molecule has 1 atom stereocenters. The molecule has 0 saturated carbocycles. The zero-order valence-corrected chi connectivity index (χ0v) is 15.5. The topological polar surface area (TPSA) is 81.3 Å². The fourth-order valence-electron chi connectivity index (χ4n) is 3.42. The minimum Gasteiger partial charge on any atom is -0.392 e. The van der Waals surface area contributed by atoms with Gasteiger partial charge in [-0.25, -0.2) is 4.98 Å². The molecular weight excluding hydrogens is 364 g/mol. The third kappa shape index (κ3) is 4.13. The van der Waals surface area contributed by atoms with Crippen molar-refractivity contribution in [1.29, 1.82) is 0 Å². The lowest BCUT2D eigenvalue weighted by atomic mass is 10.1. The number of halogens is 1. The first-order valence-electron chi connectivity index (χ1n) is 8.98. The first-order chi connectivity index (χ1) is 13.1. The lowest BCUT2D eigenvalue weighted by Crippen LogP contribution is -2.23. The van der Waals surface area contributed by atoms with Crippen molar-refractivity contribution < 1.29 is 9.90 Å². The van der Waals surface area contributed by atoms with Crippen molar-refractivity contribution in [3.05, 3.63) is 64.4 Å². The lowest BCUT2D eigenvalue weighted by Gasteiger charge is -2.15. The fourth-order valence-corrected chi connectivity index (χ4v) is 3.57. The average Bonchev–Trinajstić information content (AvgIpc) is 3.26. The number of likely N-dealkylation sites (tertiary alicyclic amines) is 1. The maximum atomic E-state index is 12.5. The quantitative estimate of drug-likeness (QED) is 0.591. The number of aliphatic hydroxyl groups is 1. The largest absolute Gasteiger partial charge is 0.392 e. The molecule has 1 saturated heterocycles. The standard InChI is InChI=1S/C20H21ClN4O2/c21-18-6-5-16-17(10-22-19(16)24-18)20(27)23-9-13-1-3-14(4-2-13)11-25-8-7-15(26)12-25/h1-6,10,15,26H,7-9,11-12H2,(H,22,24)(H,23,27). The van der Waals surface area contributed by atoms with Crippen LogP contribution in [0.25, 0.3) is 11.0 Å². The molecule has 1 fully saturated rings. The summed E-state index contributed by atoms with van der Waals surface area (Å²) >= 11 is 5.87. The fraction of sp³-hybridized carbons (Fsp3) is 0.300. The van der Waals surface area contributed by atoms with Gasteiger partial charge in [-0.05, 0) is 29.7 Å². The molecule has 1 amide bonds. The number of carbonyl (C=O) groups is 1. The van der Waals surface area contributed by atoms with Gasteiger partial charge in [0.1, 0.15) is 10.8 Å². The Bertz CT molecular complexity index is 954. The van der Waals surface area contributed by atoms with Gasteiger partial charge >= 0.3 is 0 Å². The van der Waals surface area contributed by atoms with Crippen LogP contribution >= 0.6 is 11.6 Å². The molecular formula is C20H21ClN4O2. The molecule has 4 rings (SSSR count). The Labute approximate surface area is 162 Å². The maximum absolute atomic E-state index is 12.5. The van der Waals surface area contributed by atoms with Gasteiger partial charge in [-0.15, -0.1) is 0 Å². The Hall–Kier alpha value is -2.41. The molecule has 1 unspecified atom stereocenters. The number of nitrogens with one attached hydrogen (secondary N) is 2. The highest BCUT2D eigenvalue weighted by molar-refractivity contribution is 6.29. The van der Waals surface area contributed by atoms with Gasteiger partial charge in [0.05, 0.1) is 11.7 Å². The zero-order chi connectivity index (χ0) is 18.8. The van der Waals surface area contributed by atoms with Crippen LogP contribution in [-0.4, -0.2) is 45.1 Å². The van der Waals surface area contributed by atoms with Gasteiger partial charge in [-0.1, -0.05) is 35.9 Å². The van der Waals surface area contributed by atoms with Gasteiger partial charge in [0, 0.05) is 37.8 Å². The summed E-state index contributed by atoms with van der Waals surface area (Å²) in [5.41, 5.74) is 3.40. The molecule has 0 aliphatic carbocycles. The number of amides is 1. The molecule has 1 aromatic carbocycles. The predicted octanol–water partition coefficient (Wildman–Crippen LogP) is 2.71. The Morgan fingerprint density at radius 1 is 1.26 bits per heavy atom. The number of fused-ring (bicyclic) bond motifs is 1. The lowest BCUT2D eigenvalue weighted by molar-refractivity contribution is 0.0952. The highest BCUT2D eigenvalue weighted by atomic mass is 35.5. The molecule has 27 heavy (non-hydrogen) atoms. The monoisotopic (exact) mass is 384 g/mol. The molecule has 140 valence electrons. The molecule has 0 radical (unpaired) electrons. The second-order valence-electron chi connectivity index (χ2n) is 6.91. The third-order valence-corrected chi connectivity index (χ3v) is 5.09. The number of aromatic nitrogens is 2. The van der Waals surface area contributed by atoms with Crippen LogP contribution in [0.15, 0.2) is 42.6 Å². The van der Waals surface area contributed by atoms with Gasteiger partial charge < -0.3 is 15.4 Å². The molecule has 0 bridgehead atoms. The number of H-pyrrole nitrogens is 1. The van der Waals surface area contributed by atoms with E-state index in [1.165, 1.54) is 5.56 Å². The summed E-state index contributed by atoms with van der Waals surface area (Å²) in [4.78, 5) is 21.9. The van der Waals surface area contributed by atoms with Crippen molar-refractivity contribution >= 4 is 28.5 Å². The van der Waals surface area contributed by atoms with Crippen LogP contribution in [0.2, 0.25) is 5.15 Å². The highest BCUT2D eigenvalue weighted by Gasteiger charge is 2.19. The van der Waals surface area contributed by atoms with Gasteiger partial charge in [0.25, 0.3) is 5.91 Å². The first kappa shape index (κ1) is 18.0. The molecule has 7 heteroatoms. The molecule has 1 aliphatic heterocycles. The molecule has 0 spiro atoms. The van der Waals surface area contributed by atoms with Gasteiger partial charge in [0.15, 0.2) is 0 Å². The van der Waals surface area contributed by atoms with Crippen LogP contribution in [0.5, 0.6) is 0 Å². The number of β-amino-alcohol motifs (C(OH)–C–C–N with tert-alkyl or cyclic N) is 1. The van der Waals surface area contributed by atoms with Crippen molar-refractivity contribution in [3.63, 3.8) is 0 Å². The van der Waals surface area contributed by atoms with Crippen molar-refractivity contribution in [3.8, 4) is 0 Å². The van der Waals surface area contributed by atoms with E-state index in [0.717, 1.165) is 37.0 Å². The van der Waals surface area contributed by atoms with Gasteiger partial charge in [0.2, 0.25) is 0 Å². The Balaban J connectivity index is 1.36. The SMILES string of the molecule is O=C(NCc1ccc(CN2CCC(O)C2)cc1)c1c[nH]c2nc(Cl)ccc12. The van der Waals surface area contributed by atoms with E-state index < -0.39 is 0 Å². The number of carbonyl (C=O) groups excluding carboxylic acids is 1. The highest BCUT2D eigenvalue weighted by Crippen LogP contribution is 2.19. The van der Waals surface area contributed by atoms with E-state index in [1.807, 2.05) is 12.1 Å². The average molecular weight is 385 g/mol. The summed E-state index contributed by atoms with van der Waals surface area (Å²) in [6, 6.07) is 11.7. The summed E-state index contributed by atoms with van der Waals surface area (Å²) in [5, 5.41) is 13.7. The van der Waals surface area contributed by atoms with E-state index in [9.17, 15) is 9.90 Å². The van der Waals surface area contributed by atoms with Crippen LogP contribution in [0.3, 0.4) is 0 Å². The minimum atomic E-state index is -0.199. The van der Waals surface area contributed by atoms with Crippen molar-refractivity contribution in [2.24, 2.45) is 0 Å². The zero-order valence-electron chi connectivity index (χ0n) is 14.8. The molecule has 3 heterocycles. The summed E-state index contributed by atoms with van der Waals surface area (Å²) < 4.78 is 0. The number of nitrogens with zero attached hydrogens (tertiary/aromatic N) is 2. The van der Waals surface area contributed by atoms with Gasteiger partial charge in [-0.3, -0.25) is 9.69 Å². The molecule has 1 aliphatic rings. The number of rotatable bonds is 5. The number of hydrogen-bond donors (Lipinski definition) is 3. The number of hydrogen-bond acceptors (Lipinski definition) is 4. The van der Waals surface area contributed by atoms with Crippen LogP contribution in [0, 0.1) is 0 Å². The summed E-state index contributed by atoms with van der Waals surface area (Å²) in [6.45, 7) is 2.97. The molecule has 6 nitrogen and oxygen atoms in total. The summed E-state index contributed by atoms with van der Waals surface area (Å²) in [7, 11) is 0. The van der Waals surface area contributed by atoms with E-state index in [-0.39, 0.29) is 12.0 Å². The van der Waals surface area contributed by atoms with Crippen LogP contribution in [-0.2, 0) is 13.1 Å². The van der Waals surface area contributed by atoms with E-state index in [2.05, 4.69) is 32.3 Å². The second-order valence-corrected chi connectivity index (χ2v) is 7.30.